The Morgan fingerprint density at radius 1 is 0.363 bits per heavy atom. The minimum atomic E-state index is -3.94. The number of piperazine rings is 2. The van der Waals surface area contributed by atoms with Gasteiger partial charge in [0.05, 0.1) is 39.4 Å². The van der Waals surface area contributed by atoms with E-state index in [1.54, 1.807) is 20.8 Å². The average molecular weight is 1660 g/mol. The molecule has 0 aliphatic carbocycles. The van der Waals surface area contributed by atoms with Crippen LogP contribution in [0.2, 0.25) is 0 Å². The van der Waals surface area contributed by atoms with Crippen LogP contribution in [0.25, 0.3) is 18.2 Å². The summed E-state index contributed by atoms with van der Waals surface area (Å²) in [5.74, 6) is -11.5. The van der Waals surface area contributed by atoms with Crippen molar-refractivity contribution in [3.8, 4) is 34.5 Å². The Morgan fingerprint density at radius 2 is 0.575 bits per heavy atom. The molecule has 6 N–H and O–H groups in total. The Balaban J connectivity index is 0.000000295. The number of ether oxygens (including phenoxy) is 5. The van der Waals surface area contributed by atoms with Crippen molar-refractivity contribution in [2.75, 3.05) is 125 Å². The maximum absolute atomic E-state index is 14.8. The van der Waals surface area contributed by atoms with Crippen LogP contribution in [0.3, 0.4) is 0 Å². The summed E-state index contributed by atoms with van der Waals surface area (Å²) < 4.78 is 234. The summed E-state index contributed by atoms with van der Waals surface area (Å²) >= 11 is 0. The summed E-state index contributed by atoms with van der Waals surface area (Å²) in [4.78, 5) is 43.4. The second-order valence-electron chi connectivity index (χ2n) is 25.2. The monoisotopic (exact) mass is 1660 g/mol. The third-order valence-electron chi connectivity index (χ3n) is 16.8. The molecule has 0 saturated carbocycles. The first-order valence-corrected chi connectivity index (χ1v) is 41.1. The van der Waals surface area contributed by atoms with Gasteiger partial charge in [-0.3, -0.25) is 19.6 Å². The Kier molecular flexibility index (Phi) is 34.0. The lowest BCUT2D eigenvalue weighted by atomic mass is 10.1. The van der Waals surface area contributed by atoms with Crippen molar-refractivity contribution in [3.05, 3.63) is 208 Å². The molecular formula is C76H87F7N8O18S4. The molecule has 7 aromatic carbocycles. The third kappa shape index (κ3) is 28.2. The topological polar surface area (TPSA) is 335 Å². The van der Waals surface area contributed by atoms with Gasteiger partial charge in [-0.1, -0.05) is 0 Å². The molecule has 0 radical (unpaired) electrons. The second kappa shape index (κ2) is 42.5. The van der Waals surface area contributed by atoms with Crippen LogP contribution in [-0.4, -0.2) is 206 Å². The summed E-state index contributed by atoms with van der Waals surface area (Å²) in [7, 11) is -15.1. The predicted molar refractivity (Wildman–Crippen MR) is 406 cm³/mol. The highest BCUT2D eigenvalue weighted by molar-refractivity contribution is 7.90. The van der Waals surface area contributed by atoms with Crippen LogP contribution in [0, 0.1) is 40.7 Å². The fourth-order valence-electron chi connectivity index (χ4n) is 10.9. The van der Waals surface area contributed by atoms with Crippen LogP contribution >= 0.6 is 0 Å². The summed E-state index contributed by atoms with van der Waals surface area (Å²) in [6.07, 6.45) is 3.78. The molecular weight excluding hydrogens is 1570 g/mol. The van der Waals surface area contributed by atoms with Crippen molar-refractivity contribution in [1.82, 2.24) is 38.5 Å². The normalized spacial score (nSPS) is 14.4. The summed E-state index contributed by atoms with van der Waals surface area (Å²) in [6, 6.07) is 26.4. The zero-order valence-corrected chi connectivity index (χ0v) is 65.6. The number of aromatic hydroxyl groups is 2. The van der Waals surface area contributed by atoms with E-state index in [1.165, 1.54) is 136 Å². The van der Waals surface area contributed by atoms with Crippen LogP contribution in [-0.2, 0) is 68.7 Å². The van der Waals surface area contributed by atoms with Crippen LogP contribution in [0.5, 0.6) is 34.5 Å². The molecule has 2 aliphatic heterocycles. The van der Waals surface area contributed by atoms with Gasteiger partial charge in [0, 0.05) is 121 Å². The van der Waals surface area contributed by atoms with Crippen LogP contribution in [0.4, 0.5) is 30.7 Å². The standard InChI is InChI=1S/C44H48F4N4O10S2.C20H28N4O6S2.C12H11F3O2/c1-5-59-43(53)29(3)23-31-25-37(45)41(38(46)26-31)61-33-7-11-35(12-8-33)63(55,56)49-15-17-51-19-21-52(22-20-51)18-16-50-64(57,58)36-13-9-34(10-14-36)62-42-39(47)27-32(28-40(42)48)24-30(4)44(54)60-6-2;25-17-1-5-19(6-2-17)31(27,28)21-9-11-23-13-15-24(16-14-23)12-10-22-32(29,30)20-7-3-18(26)4-8-20;1-3-17-12(16)7(2)4-8-5-9(13)11(15)10(14)6-8/h7-14,23-28,49-50H,5-6,15-22H2,1-4H3;1-8,21-22,25-26H,9-16H2;4-6H,3H2,1-2H3/b29-23+,30-24+;;7-4+. The summed E-state index contributed by atoms with van der Waals surface area (Å²) in [5, 5.41) is 18.6. The van der Waals surface area contributed by atoms with Gasteiger partial charge in [-0.2, -0.15) is 0 Å². The highest BCUT2D eigenvalue weighted by Gasteiger charge is 2.25. The molecule has 0 bridgehead atoms. The molecule has 0 spiro atoms. The highest BCUT2D eigenvalue weighted by atomic mass is 32.2. The fraction of sp³-hybridized carbons (Fsp3) is 0.329. The molecule has 2 saturated heterocycles. The van der Waals surface area contributed by atoms with E-state index >= 15 is 0 Å². The van der Waals surface area contributed by atoms with Crippen molar-refractivity contribution in [2.45, 2.75) is 61.1 Å². The SMILES string of the molecule is CCOC(=O)/C(C)=C/c1cc(F)c(F)c(F)c1.CCOC(=O)/C(C)=C/c1cc(F)c(Oc2ccc(S(=O)(=O)NCCN3CCN(CCNS(=O)(=O)c4ccc(Oc5c(F)cc(/C=C(\C)C(=O)OCC)cc5F)cc4)CC3)cc2)c(F)c1.O=S(=O)(NCCN1CCN(CCNS(=O)(=O)c2ccc(O)cc2)CC1)c1ccc(O)cc1. The lowest BCUT2D eigenvalue weighted by Crippen LogP contribution is -2.49. The predicted octanol–water partition coefficient (Wildman–Crippen LogP) is 9.68. The highest BCUT2D eigenvalue weighted by Crippen LogP contribution is 2.33. The summed E-state index contributed by atoms with van der Waals surface area (Å²) in [5.41, 5.74) is 0.709. The van der Waals surface area contributed by atoms with Gasteiger partial charge in [0.15, 0.2) is 52.2 Å². The molecule has 26 nitrogen and oxygen atoms in total. The minimum absolute atomic E-state index is 0.00923. The first-order valence-electron chi connectivity index (χ1n) is 35.2. The Bertz CT molecular complexity index is 4660. The second-order valence-corrected chi connectivity index (χ2v) is 32.2. The number of nitrogens with zero attached hydrogens (tertiary/aromatic N) is 4. The number of rotatable bonds is 33. The van der Waals surface area contributed by atoms with Crippen LogP contribution in [0.1, 0.15) is 58.2 Å². The molecule has 9 rings (SSSR count). The van der Waals surface area contributed by atoms with E-state index in [2.05, 4.69) is 38.5 Å². The molecule has 113 heavy (non-hydrogen) atoms. The van der Waals surface area contributed by atoms with E-state index in [1.807, 2.05) is 0 Å². The van der Waals surface area contributed by atoms with Gasteiger partial charge < -0.3 is 33.9 Å². The maximum atomic E-state index is 14.8. The van der Waals surface area contributed by atoms with E-state index in [4.69, 9.17) is 23.7 Å². The average Bonchev–Trinajstić information content (AvgIpc) is 0.818. The Hall–Kier alpha value is -9.64. The lowest BCUT2D eigenvalue weighted by Gasteiger charge is -2.34. The van der Waals surface area contributed by atoms with Crippen molar-refractivity contribution in [2.24, 2.45) is 0 Å². The van der Waals surface area contributed by atoms with Crippen molar-refractivity contribution < 1.29 is 113 Å². The van der Waals surface area contributed by atoms with E-state index in [0.29, 0.717) is 52.4 Å². The molecule has 0 unspecified atom stereocenters. The number of halogens is 7. The zero-order valence-electron chi connectivity index (χ0n) is 62.4. The zero-order chi connectivity index (χ0) is 82.8. The van der Waals surface area contributed by atoms with Gasteiger partial charge in [-0.25, -0.2) is 97.7 Å². The first kappa shape index (κ1) is 90.6. The van der Waals surface area contributed by atoms with Crippen molar-refractivity contribution >= 4 is 76.2 Å². The number of nitrogens with one attached hydrogen (secondary N) is 4. The van der Waals surface area contributed by atoms with Crippen molar-refractivity contribution in [3.63, 3.8) is 0 Å². The molecule has 612 valence electrons. The number of sulfonamides is 4. The number of carbonyl (C=O) groups is 3. The Morgan fingerprint density at radius 3 is 0.796 bits per heavy atom. The number of hydrogen-bond donors (Lipinski definition) is 6. The first-order chi connectivity index (χ1) is 53.5. The van der Waals surface area contributed by atoms with E-state index in [9.17, 15) is 89.0 Å². The number of benzene rings is 7. The number of phenolic OH excluding ortho intramolecular Hbond substituents is 2. The van der Waals surface area contributed by atoms with Gasteiger partial charge >= 0.3 is 17.9 Å². The van der Waals surface area contributed by atoms with Gasteiger partial charge in [0.2, 0.25) is 40.1 Å². The van der Waals surface area contributed by atoms with E-state index in [0.717, 1.165) is 62.6 Å². The largest absolute Gasteiger partial charge is 0.508 e. The van der Waals surface area contributed by atoms with Gasteiger partial charge in [0.1, 0.15) is 23.0 Å². The number of hydrogen-bond acceptors (Lipinski definition) is 22. The van der Waals surface area contributed by atoms with Crippen LogP contribution < -0.4 is 28.4 Å². The smallest absolute Gasteiger partial charge is 0.333 e. The van der Waals surface area contributed by atoms with Crippen LogP contribution in [0.15, 0.2) is 170 Å². The molecule has 0 amide bonds. The van der Waals surface area contributed by atoms with E-state index in [-0.39, 0.29) is 122 Å². The lowest BCUT2D eigenvalue weighted by molar-refractivity contribution is -0.139. The fourth-order valence-corrected chi connectivity index (χ4v) is 14.9. The summed E-state index contributed by atoms with van der Waals surface area (Å²) in [6.45, 7) is 17.9. The minimum Gasteiger partial charge on any atom is -0.508 e. The molecule has 0 aromatic heterocycles. The quantitative estimate of drug-likeness (QED) is 0.00732. The Labute approximate surface area is 651 Å². The third-order valence-corrected chi connectivity index (χ3v) is 22.7. The van der Waals surface area contributed by atoms with Gasteiger partial charge in [-0.05, 0) is 210 Å². The number of carbonyl (C=O) groups excluding carboxylic acids is 3. The molecule has 2 heterocycles. The molecule has 2 fully saturated rings. The molecule has 2 aliphatic rings. The van der Waals surface area contributed by atoms with Gasteiger partial charge in [-0.15, -0.1) is 0 Å². The van der Waals surface area contributed by atoms with E-state index < -0.39 is 110 Å². The van der Waals surface area contributed by atoms with Gasteiger partial charge in [0.25, 0.3) is 0 Å². The number of phenols is 2. The maximum Gasteiger partial charge on any atom is 0.333 e. The molecule has 0 atom stereocenters. The van der Waals surface area contributed by atoms with Crippen molar-refractivity contribution in [1.29, 1.82) is 0 Å². The molecule has 37 heteroatoms. The molecule has 7 aromatic rings. The number of esters is 3.